The summed E-state index contributed by atoms with van der Waals surface area (Å²) in [5, 5.41) is 13.0. The Labute approximate surface area is 337 Å². The SMILES string of the molecule is Cc1nc(C(=O)N2Cc3cc4c(cc3C[C@H]2C(=O)N[C@@H](Cc2ccc(-c3ccnc(C)c3C)cc2)C(=O)O)OC[C@H](c2ccc(OCC3CCCC3)cc2)O4)c(C)o1. The van der Waals surface area contributed by atoms with Gasteiger partial charge in [-0.1, -0.05) is 49.2 Å². The van der Waals surface area contributed by atoms with Crippen molar-refractivity contribution in [3.63, 3.8) is 0 Å². The van der Waals surface area contributed by atoms with E-state index in [2.05, 4.69) is 15.3 Å². The van der Waals surface area contributed by atoms with Crippen LogP contribution in [0.4, 0.5) is 0 Å². The van der Waals surface area contributed by atoms with Crippen molar-refractivity contribution < 1.29 is 38.1 Å². The van der Waals surface area contributed by atoms with Crippen LogP contribution < -0.4 is 19.5 Å². The molecule has 1 aliphatic carbocycles. The lowest BCUT2D eigenvalue weighted by Crippen LogP contribution is -2.56. The number of nitrogens with one attached hydrogen (secondary N) is 1. The summed E-state index contributed by atoms with van der Waals surface area (Å²) in [5.74, 6) is 0.917. The van der Waals surface area contributed by atoms with E-state index in [1.54, 1.807) is 20.0 Å². The number of aliphatic carboxylic acids is 1. The molecular weight excluding hydrogens is 737 g/mol. The van der Waals surface area contributed by atoms with Gasteiger partial charge in [-0.3, -0.25) is 14.6 Å². The quantitative estimate of drug-likeness (QED) is 0.138. The van der Waals surface area contributed by atoms with E-state index < -0.39 is 29.9 Å². The zero-order valence-electron chi connectivity index (χ0n) is 33.2. The predicted molar refractivity (Wildman–Crippen MR) is 215 cm³/mol. The van der Waals surface area contributed by atoms with Crippen LogP contribution >= 0.6 is 0 Å². The molecule has 0 bridgehead atoms. The van der Waals surface area contributed by atoms with Gasteiger partial charge in [-0.2, -0.15) is 0 Å². The third kappa shape index (κ3) is 8.14. The van der Waals surface area contributed by atoms with Gasteiger partial charge in [0.05, 0.1) is 6.61 Å². The molecule has 12 heteroatoms. The highest BCUT2D eigenvalue weighted by atomic mass is 16.6. The molecule has 0 radical (unpaired) electrons. The normalized spacial score (nSPS) is 18.0. The summed E-state index contributed by atoms with van der Waals surface area (Å²) in [6.07, 6.45) is 6.58. The van der Waals surface area contributed by atoms with E-state index >= 15 is 0 Å². The Morgan fingerprint density at radius 3 is 2.40 bits per heavy atom. The number of nitrogens with zero attached hydrogens (tertiary/aromatic N) is 3. The lowest BCUT2D eigenvalue weighted by Gasteiger charge is -2.37. The summed E-state index contributed by atoms with van der Waals surface area (Å²) in [4.78, 5) is 51.1. The Kier molecular flexibility index (Phi) is 10.9. The van der Waals surface area contributed by atoms with Crippen LogP contribution in [-0.4, -0.2) is 63.1 Å². The second kappa shape index (κ2) is 16.4. The maximum Gasteiger partial charge on any atom is 0.326 e. The number of fused-ring (bicyclic) bond motifs is 2. The number of rotatable bonds is 11. The van der Waals surface area contributed by atoms with Crippen molar-refractivity contribution >= 4 is 17.8 Å². The van der Waals surface area contributed by atoms with Crippen LogP contribution in [0.1, 0.15) is 87.4 Å². The smallest absolute Gasteiger partial charge is 0.326 e. The Morgan fingerprint density at radius 2 is 1.69 bits per heavy atom. The van der Waals surface area contributed by atoms with E-state index in [1.165, 1.54) is 30.6 Å². The number of carboxylic acid groups (broad SMARTS) is 1. The third-order valence-corrected chi connectivity index (χ3v) is 11.7. The second-order valence-corrected chi connectivity index (χ2v) is 15.7. The van der Waals surface area contributed by atoms with Gasteiger partial charge in [-0.05, 0) is 109 Å². The van der Waals surface area contributed by atoms with E-state index in [4.69, 9.17) is 18.6 Å². The fourth-order valence-electron chi connectivity index (χ4n) is 8.27. The average molecular weight is 785 g/mol. The minimum atomic E-state index is -1.25. The van der Waals surface area contributed by atoms with Crippen LogP contribution in [0.5, 0.6) is 17.2 Å². The van der Waals surface area contributed by atoms with Gasteiger partial charge in [0.2, 0.25) is 5.91 Å². The second-order valence-electron chi connectivity index (χ2n) is 15.7. The molecule has 3 atom stereocenters. The van der Waals surface area contributed by atoms with Gasteiger partial charge in [0, 0.05) is 38.2 Å². The highest BCUT2D eigenvalue weighted by molar-refractivity contribution is 5.98. The van der Waals surface area contributed by atoms with Crippen LogP contribution in [0.15, 0.2) is 77.3 Å². The standard InChI is InChI=1S/C46H48N4O8/c1-26-27(2)47-18-17-37(26)32-11-9-30(10-12-32)19-38(46(53)54)49-44(51)39-20-34-21-40-41(22-35(34)23-50(39)45(52)43-28(3)57-29(4)48-43)58-42(25-56-40)33-13-15-36(16-14-33)55-24-31-7-5-6-8-31/h9-18,21-22,31,38-39,42H,5-8,19-20,23-25H2,1-4H3,(H,49,51)(H,53,54)/t38-,39-,42+/m0/s1. The number of aromatic nitrogens is 2. The summed E-state index contributed by atoms with van der Waals surface area (Å²) >= 11 is 0. The zero-order chi connectivity index (χ0) is 40.5. The number of carbonyl (C=O) groups is 3. The Balaban J connectivity index is 1.00. The van der Waals surface area contributed by atoms with E-state index in [1.807, 2.05) is 80.6 Å². The first-order chi connectivity index (χ1) is 28.0. The fourth-order valence-corrected chi connectivity index (χ4v) is 8.27. The van der Waals surface area contributed by atoms with Crippen LogP contribution in [0, 0.1) is 33.6 Å². The van der Waals surface area contributed by atoms with E-state index in [-0.39, 0.29) is 37.8 Å². The zero-order valence-corrected chi connectivity index (χ0v) is 33.2. The molecule has 4 heterocycles. The van der Waals surface area contributed by atoms with Crippen LogP contribution in [0.3, 0.4) is 0 Å². The predicted octanol–water partition coefficient (Wildman–Crippen LogP) is 7.43. The van der Waals surface area contributed by atoms with Crippen molar-refractivity contribution in [2.75, 3.05) is 13.2 Å². The van der Waals surface area contributed by atoms with Gasteiger partial charge in [0.25, 0.3) is 5.91 Å². The molecule has 8 rings (SSSR count). The van der Waals surface area contributed by atoms with Crippen LogP contribution in [0.25, 0.3) is 11.1 Å². The fraction of sp³-hybridized carbons (Fsp3) is 0.370. The molecule has 2 aromatic heterocycles. The van der Waals surface area contributed by atoms with Gasteiger partial charge >= 0.3 is 5.97 Å². The van der Waals surface area contributed by atoms with Crippen molar-refractivity contribution in [3.05, 3.63) is 124 Å². The number of benzene rings is 3. The van der Waals surface area contributed by atoms with Crippen molar-refractivity contribution in [3.8, 4) is 28.4 Å². The van der Waals surface area contributed by atoms with Gasteiger partial charge in [-0.15, -0.1) is 0 Å². The molecule has 3 aliphatic rings. The summed E-state index contributed by atoms with van der Waals surface area (Å²) in [7, 11) is 0. The number of carbonyl (C=O) groups excluding carboxylic acids is 2. The molecule has 1 saturated carbocycles. The molecule has 2 amide bonds. The molecule has 2 N–H and O–H groups in total. The monoisotopic (exact) mass is 784 g/mol. The first kappa shape index (κ1) is 38.7. The van der Waals surface area contributed by atoms with E-state index in [9.17, 15) is 19.5 Å². The van der Waals surface area contributed by atoms with E-state index in [0.29, 0.717) is 29.1 Å². The number of ether oxygens (including phenoxy) is 3. The van der Waals surface area contributed by atoms with Crippen molar-refractivity contribution in [2.45, 2.75) is 91.0 Å². The average Bonchev–Trinajstić information content (AvgIpc) is 3.88. The summed E-state index contributed by atoms with van der Waals surface area (Å²) < 4.78 is 24.4. The van der Waals surface area contributed by atoms with Crippen LogP contribution in [-0.2, 0) is 29.0 Å². The minimum absolute atomic E-state index is 0.0463. The molecule has 0 unspecified atom stereocenters. The van der Waals surface area contributed by atoms with Crippen LogP contribution in [0.2, 0.25) is 0 Å². The first-order valence-electron chi connectivity index (χ1n) is 20.0. The highest BCUT2D eigenvalue weighted by Gasteiger charge is 2.39. The van der Waals surface area contributed by atoms with Gasteiger partial charge in [0.15, 0.2) is 29.2 Å². The minimum Gasteiger partial charge on any atom is -0.493 e. The number of pyridine rings is 1. The molecule has 3 aromatic carbocycles. The lowest BCUT2D eigenvalue weighted by molar-refractivity contribution is -0.142. The van der Waals surface area contributed by atoms with Crippen molar-refractivity contribution in [1.29, 1.82) is 0 Å². The topological polar surface area (TPSA) is 153 Å². The third-order valence-electron chi connectivity index (χ3n) is 11.7. The maximum atomic E-state index is 14.2. The van der Waals surface area contributed by atoms with Gasteiger partial charge in [0.1, 0.15) is 30.2 Å². The lowest BCUT2D eigenvalue weighted by atomic mass is 9.91. The largest absolute Gasteiger partial charge is 0.493 e. The van der Waals surface area contributed by atoms with Gasteiger partial charge < -0.3 is 34.0 Å². The highest BCUT2D eigenvalue weighted by Crippen LogP contribution is 2.41. The summed E-state index contributed by atoms with van der Waals surface area (Å²) in [5.41, 5.74) is 7.40. The molecule has 2 aliphatic heterocycles. The number of aryl methyl sites for hydroxylation is 3. The maximum absolute atomic E-state index is 14.2. The molecule has 300 valence electrons. The molecule has 0 saturated heterocycles. The number of hydrogen-bond donors (Lipinski definition) is 2. The summed E-state index contributed by atoms with van der Waals surface area (Å²) in [6.45, 7) is 8.36. The number of oxazole rings is 1. The number of amides is 2. The van der Waals surface area contributed by atoms with E-state index in [0.717, 1.165) is 57.0 Å². The molecule has 5 aromatic rings. The molecule has 1 fully saturated rings. The number of carboxylic acids is 1. The summed E-state index contributed by atoms with van der Waals surface area (Å²) in [6, 6.07) is 18.9. The first-order valence-corrected chi connectivity index (χ1v) is 20.0. The molecule has 0 spiro atoms. The van der Waals surface area contributed by atoms with Crippen molar-refractivity contribution in [1.82, 2.24) is 20.2 Å². The molecule has 58 heavy (non-hydrogen) atoms. The Bertz CT molecular complexity index is 2330. The molecular formula is C46H48N4O8. The van der Waals surface area contributed by atoms with Crippen molar-refractivity contribution in [2.24, 2.45) is 5.92 Å². The molecule has 12 nitrogen and oxygen atoms in total. The Hall–Kier alpha value is -6.17. The van der Waals surface area contributed by atoms with Gasteiger partial charge in [-0.25, -0.2) is 9.78 Å². The Morgan fingerprint density at radius 1 is 0.948 bits per heavy atom. The number of hydrogen-bond acceptors (Lipinski definition) is 9.